The number of amides is 1. The summed E-state index contributed by atoms with van der Waals surface area (Å²) in [5.41, 5.74) is 0.774. The van der Waals surface area contributed by atoms with Crippen molar-refractivity contribution in [1.29, 1.82) is 0 Å². The van der Waals surface area contributed by atoms with E-state index in [1.165, 1.54) is 19.2 Å². The molecule has 2 aromatic rings. The molecule has 2 rings (SSSR count). The van der Waals surface area contributed by atoms with E-state index in [1.54, 1.807) is 18.2 Å². The SMILES string of the molecule is CN(CCCC(=O)NCCc1c(Cl)cccc1Cl)S(=O)(=O)c1ccc(F)cc1. The highest BCUT2D eigenvalue weighted by Crippen LogP contribution is 2.24. The van der Waals surface area contributed by atoms with Crippen LogP contribution in [-0.2, 0) is 21.2 Å². The number of sulfonamides is 1. The molecule has 152 valence electrons. The van der Waals surface area contributed by atoms with Crippen LogP contribution in [0.25, 0.3) is 0 Å². The molecule has 0 unspecified atom stereocenters. The molecule has 0 aliphatic rings. The molecule has 0 radical (unpaired) electrons. The van der Waals surface area contributed by atoms with Gasteiger partial charge in [-0.1, -0.05) is 29.3 Å². The van der Waals surface area contributed by atoms with Crippen LogP contribution in [0, 0.1) is 5.82 Å². The van der Waals surface area contributed by atoms with Crippen LogP contribution in [0.2, 0.25) is 10.0 Å². The van der Waals surface area contributed by atoms with Crippen LogP contribution in [-0.4, -0.2) is 38.8 Å². The fourth-order valence-corrected chi connectivity index (χ4v) is 4.35. The number of carbonyl (C=O) groups excluding carboxylic acids is 1. The van der Waals surface area contributed by atoms with E-state index in [4.69, 9.17) is 23.2 Å². The smallest absolute Gasteiger partial charge is 0.242 e. The van der Waals surface area contributed by atoms with Gasteiger partial charge in [-0.25, -0.2) is 17.1 Å². The molecule has 0 bridgehead atoms. The molecule has 0 heterocycles. The zero-order valence-electron chi connectivity index (χ0n) is 15.3. The summed E-state index contributed by atoms with van der Waals surface area (Å²) in [7, 11) is -2.28. The van der Waals surface area contributed by atoms with Gasteiger partial charge in [0.1, 0.15) is 5.82 Å². The number of nitrogens with zero attached hydrogens (tertiary/aromatic N) is 1. The standard InChI is InChI=1S/C19H21Cl2FN2O3S/c1-24(28(26,27)15-9-7-14(22)8-10-15)13-3-6-19(25)23-12-11-16-17(20)4-2-5-18(16)21/h2,4-5,7-10H,3,6,11-13H2,1H3,(H,23,25). The van der Waals surface area contributed by atoms with E-state index < -0.39 is 15.8 Å². The molecule has 0 aliphatic carbocycles. The van der Waals surface area contributed by atoms with E-state index in [-0.39, 0.29) is 23.8 Å². The first-order valence-electron chi connectivity index (χ1n) is 8.63. The Morgan fingerprint density at radius 3 is 2.32 bits per heavy atom. The Bertz CT molecular complexity index is 901. The van der Waals surface area contributed by atoms with Crippen LogP contribution >= 0.6 is 23.2 Å². The summed E-state index contributed by atoms with van der Waals surface area (Å²) < 4.78 is 38.9. The zero-order valence-corrected chi connectivity index (χ0v) is 17.6. The van der Waals surface area contributed by atoms with Crippen LogP contribution in [0.4, 0.5) is 4.39 Å². The molecular formula is C19H21Cl2FN2O3S. The molecule has 0 fully saturated rings. The van der Waals surface area contributed by atoms with Crippen molar-refractivity contribution < 1.29 is 17.6 Å². The fourth-order valence-electron chi connectivity index (χ4n) is 2.56. The van der Waals surface area contributed by atoms with Gasteiger partial charge in [-0.3, -0.25) is 4.79 Å². The van der Waals surface area contributed by atoms with Crippen LogP contribution in [0.3, 0.4) is 0 Å². The van der Waals surface area contributed by atoms with Gasteiger partial charge in [0.25, 0.3) is 0 Å². The van der Waals surface area contributed by atoms with E-state index >= 15 is 0 Å². The molecule has 28 heavy (non-hydrogen) atoms. The second kappa shape index (κ2) is 10.2. The summed E-state index contributed by atoms with van der Waals surface area (Å²) in [5.74, 6) is -0.688. The van der Waals surface area contributed by atoms with Crippen LogP contribution in [0.1, 0.15) is 18.4 Å². The van der Waals surface area contributed by atoms with Gasteiger partial charge in [-0.05, 0) is 54.8 Å². The maximum Gasteiger partial charge on any atom is 0.242 e. The fraction of sp³-hybridized carbons (Fsp3) is 0.316. The molecule has 0 spiro atoms. The number of carbonyl (C=O) groups is 1. The Morgan fingerprint density at radius 2 is 1.71 bits per heavy atom. The molecule has 0 saturated heterocycles. The topological polar surface area (TPSA) is 66.5 Å². The number of rotatable bonds is 9. The minimum absolute atomic E-state index is 0.0115. The summed E-state index contributed by atoms with van der Waals surface area (Å²) >= 11 is 12.2. The highest BCUT2D eigenvalue weighted by Gasteiger charge is 2.20. The quantitative estimate of drug-likeness (QED) is 0.634. The lowest BCUT2D eigenvalue weighted by atomic mass is 10.1. The number of hydrogen-bond donors (Lipinski definition) is 1. The van der Waals surface area contributed by atoms with Gasteiger partial charge >= 0.3 is 0 Å². The lowest BCUT2D eigenvalue weighted by molar-refractivity contribution is -0.121. The largest absolute Gasteiger partial charge is 0.356 e. The lowest BCUT2D eigenvalue weighted by Crippen LogP contribution is -2.30. The third-order valence-corrected chi connectivity index (χ3v) is 6.74. The van der Waals surface area contributed by atoms with Gasteiger partial charge in [0.15, 0.2) is 0 Å². The van der Waals surface area contributed by atoms with Gasteiger partial charge in [-0.15, -0.1) is 0 Å². The van der Waals surface area contributed by atoms with Crippen molar-refractivity contribution in [2.75, 3.05) is 20.1 Å². The predicted molar refractivity (Wildman–Crippen MR) is 109 cm³/mol. The van der Waals surface area contributed by atoms with Crippen molar-refractivity contribution in [1.82, 2.24) is 9.62 Å². The van der Waals surface area contributed by atoms with Crippen molar-refractivity contribution in [3.8, 4) is 0 Å². The van der Waals surface area contributed by atoms with Gasteiger partial charge in [0.2, 0.25) is 15.9 Å². The molecule has 0 aliphatic heterocycles. The highest BCUT2D eigenvalue weighted by molar-refractivity contribution is 7.89. The van der Waals surface area contributed by atoms with Gasteiger partial charge in [0.05, 0.1) is 4.90 Å². The van der Waals surface area contributed by atoms with Crippen LogP contribution in [0.5, 0.6) is 0 Å². The summed E-state index contributed by atoms with van der Waals surface area (Å²) in [4.78, 5) is 12.0. The first-order valence-corrected chi connectivity index (χ1v) is 10.8. The first kappa shape index (κ1) is 22.6. The summed E-state index contributed by atoms with van der Waals surface area (Å²) in [6, 6.07) is 9.85. The van der Waals surface area contributed by atoms with Gasteiger partial charge in [0, 0.05) is 36.6 Å². The molecular weight excluding hydrogens is 426 g/mol. The molecule has 9 heteroatoms. The van der Waals surface area contributed by atoms with Gasteiger partial charge < -0.3 is 5.32 Å². The van der Waals surface area contributed by atoms with Gasteiger partial charge in [-0.2, -0.15) is 0 Å². The third-order valence-electron chi connectivity index (χ3n) is 4.16. The Hall–Kier alpha value is -1.67. The second-order valence-electron chi connectivity index (χ2n) is 6.18. The van der Waals surface area contributed by atoms with E-state index in [0.29, 0.717) is 29.4 Å². The Kier molecular flexibility index (Phi) is 8.24. The van der Waals surface area contributed by atoms with Crippen molar-refractivity contribution >= 4 is 39.1 Å². The van der Waals surface area contributed by atoms with Crippen molar-refractivity contribution in [2.45, 2.75) is 24.2 Å². The minimum Gasteiger partial charge on any atom is -0.356 e. The van der Waals surface area contributed by atoms with E-state index in [9.17, 15) is 17.6 Å². The Morgan fingerprint density at radius 1 is 1.11 bits per heavy atom. The first-order chi connectivity index (χ1) is 13.2. The monoisotopic (exact) mass is 446 g/mol. The Labute approximate surface area is 174 Å². The molecule has 1 amide bonds. The van der Waals surface area contributed by atoms with Crippen molar-refractivity contribution in [2.24, 2.45) is 0 Å². The van der Waals surface area contributed by atoms with E-state index in [1.807, 2.05) is 0 Å². The molecule has 0 aromatic heterocycles. The maximum atomic E-state index is 13.0. The second-order valence-corrected chi connectivity index (χ2v) is 9.04. The lowest BCUT2D eigenvalue weighted by Gasteiger charge is -2.17. The number of hydrogen-bond acceptors (Lipinski definition) is 3. The third kappa shape index (κ3) is 6.17. The number of nitrogens with one attached hydrogen (secondary N) is 1. The molecule has 5 nitrogen and oxygen atoms in total. The highest BCUT2D eigenvalue weighted by atomic mass is 35.5. The predicted octanol–water partition coefficient (Wildman–Crippen LogP) is 3.89. The average Bonchev–Trinajstić information content (AvgIpc) is 2.64. The molecule has 0 saturated carbocycles. The summed E-state index contributed by atoms with van der Waals surface area (Å²) in [6.07, 6.45) is 1.04. The van der Waals surface area contributed by atoms with E-state index in [0.717, 1.165) is 22.0 Å². The number of halogens is 3. The summed E-state index contributed by atoms with van der Waals surface area (Å²) in [5, 5.41) is 3.87. The van der Waals surface area contributed by atoms with Crippen molar-refractivity contribution in [3.63, 3.8) is 0 Å². The molecule has 1 N–H and O–H groups in total. The maximum absolute atomic E-state index is 13.0. The van der Waals surface area contributed by atoms with E-state index in [2.05, 4.69) is 5.32 Å². The summed E-state index contributed by atoms with van der Waals surface area (Å²) in [6.45, 7) is 0.551. The normalized spacial score (nSPS) is 11.6. The van der Waals surface area contributed by atoms with Crippen LogP contribution < -0.4 is 5.32 Å². The van der Waals surface area contributed by atoms with Crippen molar-refractivity contribution in [3.05, 3.63) is 63.9 Å². The van der Waals surface area contributed by atoms with Crippen LogP contribution in [0.15, 0.2) is 47.4 Å². The minimum atomic E-state index is -3.71. The molecule has 2 aromatic carbocycles. The number of benzene rings is 2. The zero-order chi connectivity index (χ0) is 20.7. The molecule has 0 atom stereocenters. The average molecular weight is 447 g/mol. The Balaban J connectivity index is 1.76.